The van der Waals surface area contributed by atoms with Crippen molar-refractivity contribution >= 4 is 11.9 Å². The molecule has 0 saturated carbocycles. The number of hydrogen-bond donors (Lipinski definition) is 0. The minimum Gasteiger partial charge on any atom is -0.493 e. The first kappa shape index (κ1) is 25.7. The molecule has 0 unspecified atom stereocenters. The van der Waals surface area contributed by atoms with Gasteiger partial charge in [0, 0.05) is 24.2 Å². The summed E-state index contributed by atoms with van der Waals surface area (Å²) in [6.45, 7) is 3.94. The summed E-state index contributed by atoms with van der Waals surface area (Å²) in [6.07, 6.45) is 2.65. The molecule has 2 aliphatic rings. The van der Waals surface area contributed by atoms with Crippen molar-refractivity contribution < 1.29 is 23.7 Å². The first-order chi connectivity index (χ1) is 19.5. The van der Waals surface area contributed by atoms with E-state index in [4.69, 9.17) is 18.9 Å². The van der Waals surface area contributed by atoms with Crippen LogP contribution in [0.5, 0.6) is 23.0 Å². The normalized spacial score (nSPS) is 15.3. The fourth-order valence-electron chi connectivity index (χ4n) is 5.32. The van der Waals surface area contributed by atoms with E-state index in [1.807, 2.05) is 61.5 Å². The van der Waals surface area contributed by atoms with Crippen molar-refractivity contribution in [3.63, 3.8) is 0 Å². The van der Waals surface area contributed by atoms with Gasteiger partial charge in [-0.1, -0.05) is 60.7 Å². The fourth-order valence-corrected chi connectivity index (χ4v) is 5.32. The van der Waals surface area contributed by atoms with Gasteiger partial charge in [0.15, 0.2) is 17.3 Å². The van der Waals surface area contributed by atoms with E-state index in [9.17, 15) is 4.79 Å². The van der Waals surface area contributed by atoms with Gasteiger partial charge in [-0.2, -0.15) is 0 Å². The Morgan fingerprint density at radius 1 is 0.875 bits per heavy atom. The van der Waals surface area contributed by atoms with E-state index < -0.39 is 0 Å². The highest BCUT2D eigenvalue weighted by Crippen LogP contribution is 2.43. The number of benzene rings is 4. The molecule has 0 spiro atoms. The lowest BCUT2D eigenvalue weighted by Crippen LogP contribution is -2.34. The number of ether oxygens (including phenoxy) is 4. The van der Waals surface area contributed by atoms with Gasteiger partial charge in [0.2, 0.25) is 5.78 Å². The molecule has 2 heterocycles. The van der Waals surface area contributed by atoms with Crippen LogP contribution in [0.3, 0.4) is 0 Å². The van der Waals surface area contributed by atoms with Crippen molar-refractivity contribution in [1.82, 2.24) is 4.90 Å². The number of methoxy groups -OCH3 is 2. The van der Waals surface area contributed by atoms with Crippen LogP contribution in [0.15, 0.2) is 84.6 Å². The standard InChI is InChI=1S/C34H31NO5/c1-22-33-27(20-35(21-39-33)16-15-24-11-14-29(37-2)30(17-24)38-3)19-28-32(36)31(40-34(22)28)18-23-9-12-26(13-10-23)25-7-5-4-6-8-25/h4-14,17-19H,15-16,20-21H2,1-3H3/b31-18-. The van der Waals surface area contributed by atoms with Crippen molar-refractivity contribution in [2.45, 2.75) is 19.9 Å². The number of carbonyl (C=O) groups excluding carboxylic acids is 1. The molecule has 0 N–H and O–H groups in total. The summed E-state index contributed by atoms with van der Waals surface area (Å²) in [5.41, 5.74) is 6.80. The van der Waals surface area contributed by atoms with E-state index in [0.29, 0.717) is 30.3 Å². The number of hydrogen-bond acceptors (Lipinski definition) is 6. The number of rotatable bonds is 7. The zero-order valence-electron chi connectivity index (χ0n) is 22.9. The van der Waals surface area contributed by atoms with Crippen LogP contribution in [0.4, 0.5) is 0 Å². The molecular formula is C34H31NO5. The molecular weight excluding hydrogens is 502 g/mol. The van der Waals surface area contributed by atoms with E-state index in [1.165, 1.54) is 0 Å². The molecule has 0 aliphatic carbocycles. The molecule has 0 amide bonds. The van der Waals surface area contributed by atoms with Crippen LogP contribution < -0.4 is 18.9 Å². The van der Waals surface area contributed by atoms with Crippen LogP contribution in [0.1, 0.15) is 32.6 Å². The molecule has 6 rings (SSSR count). The number of nitrogens with zero attached hydrogens (tertiary/aromatic N) is 1. The molecule has 6 heteroatoms. The van der Waals surface area contributed by atoms with Crippen molar-refractivity contribution in [2.75, 3.05) is 27.5 Å². The van der Waals surface area contributed by atoms with Gasteiger partial charge >= 0.3 is 0 Å². The molecule has 0 aromatic heterocycles. The molecule has 40 heavy (non-hydrogen) atoms. The molecule has 4 aromatic rings. The van der Waals surface area contributed by atoms with Crippen LogP contribution in [0, 0.1) is 6.92 Å². The number of ketones is 1. The third-order valence-corrected chi connectivity index (χ3v) is 7.48. The first-order valence-corrected chi connectivity index (χ1v) is 13.4. The summed E-state index contributed by atoms with van der Waals surface area (Å²) >= 11 is 0. The molecule has 0 bridgehead atoms. The van der Waals surface area contributed by atoms with Crippen LogP contribution in [-0.2, 0) is 13.0 Å². The lowest BCUT2D eigenvalue weighted by molar-refractivity contribution is 0.0953. The molecule has 0 saturated heterocycles. The van der Waals surface area contributed by atoms with Gasteiger partial charge in [-0.05, 0) is 59.9 Å². The quantitative estimate of drug-likeness (QED) is 0.247. The van der Waals surface area contributed by atoms with Crippen LogP contribution in [-0.4, -0.2) is 38.2 Å². The monoisotopic (exact) mass is 533 g/mol. The maximum absolute atomic E-state index is 13.4. The SMILES string of the molecule is COc1ccc(CCN2COc3c(cc4c(c3C)O/C(=C\c3ccc(-c5ccccc5)cc3)C4=O)C2)cc1OC. The number of allylic oxidation sites excluding steroid dienone is 1. The number of fused-ring (bicyclic) bond motifs is 2. The van der Waals surface area contributed by atoms with Gasteiger partial charge in [-0.25, -0.2) is 0 Å². The van der Waals surface area contributed by atoms with E-state index in [1.54, 1.807) is 14.2 Å². The lowest BCUT2D eigenvalue weighted by atomic mass is 9.99. The van der Waals surface area contributed by atoms with Crippen LogP contribution in [0.25, 0.3) is 17.2 Å². The van der Waals surface area contributed by atoms with E-state index in [2.05, 4.69) is 35.2 Å². The summed E-state index contributed by atoms with van der Waals surface area (Å²) in [5.74, 6) is 3.07. The Bertz CT molecular complexity index is 1590. The largest absolute Gasteiger partial charge is 0.493 e. The lowest BCUT2D eigenvalue weighted by Gasteiger charge is -2.30. The summed E-state index contributed by atoms with van der Waals surface area (Å²) in [6, 6.07) is 26.3. The van der Waals surface area contributed by atoms with Gasteiger partial charge in [-0.3, -0.25) is 9.69 Å². The highest BCUT2D eigenvalue weighted by molar-refractivity contribution is 6.15. The molecule has 2 aliphatic heterocycles. The minimum atomic E-state index is -0.101. The Morgan fingerprint density at radius 2 is 1.62 bits per heavy atom. The maximum atomic E-state index is 13.4. The Labute approximate surface area is 234 Å². The average Bonchev–Trinajstić information content (AvgIpc) is 3.31. The molecule has 4 aromatic carbocycles. The van der Waals surface area contributed by atoms with Crippen molar-refractivity contribution in [2.24, 2.45) is 0 Å². The van der Waals surface area contributed by atoms with Crippen molar-refractivity contribution in [3.05, 3.63) is 112 Å². The topological polar surface area (TPSA) is 57.2 Å². The maximum Gasteiger partial charge on any atom is 0.231 e. The van der Waals surface area contributed by atoms with Gasteiger partial charge in [0.25, 0.3) is 0 Å². The number of Topliss-reactive ketones (excluding diaryl/α,β-unsaturated/α-hetero) is 1. The van der Waals surface area contributed by atoms with Crippen molar-refractivity contribution in [1.29, 1.82) is 0 Å². The molecule has 0 radical (unpaired) electrons. The Morgan fingerprint density at radius 3 is 2.38 bits per heavy atom. The Balaban J connectivity index is 1.17. The summed E-state index contributed by atoms with van der Waals surface area (Å²) in [7, 11) is 3.28. The molecule has 202 valence electrons. The summed E-state index contributed by atoms with van der Waals surface area (Å²) in [5, 5.41) is 0. The second kappa shape index (κ2) is 10.9. The van der Waals surface area contributed by atoms with E-state index in [0.717, 1.165) is 63.6 Å². The molecule has 6 nitrogen and oxygen atoms in total. The predicted molar refractivity (Wildman–Crippen MR) is 155 cm³/mol. The summed E-state index contributed by atoms with van der Waals surface area (Å²) in [4.78, 5) is 15.6. The average molecular weight is 534 g/mol. The third kappa shape index (κ3) is 4.94. The Kier molecular flexibility index (Phi) is 7.01. The Hall–Kier alpha value is -4.55. The zero-order chi connectivity index (χ0) is 27.6. The van der Waals surface area contributed by atoms with Gasteiger partial charge in [0.1, 0.15) is 18.2 Å². The van der Waals surface area contributed by atoms with Crippen molar-refractivity contribution in [3.8, 4) is 34.1 Å². The molecule has 0 fully saturated rings. The van der Waals surface area contributed by atoms with Gasteiger partial charge < -0.3 is 18.9 Å². The smallest absolute Gasteiger partial charge is 0.231 e. The van der Waals surface area contributed by atoms with Gasteiger partial charge in [-0.15, -0.1) is 0 Å². The second-order valence-corrected chi connectivity index (χ2v) is 10.1. The third-order valence-electron chi connectivity index (χ3n) is 7.48. The van der Waals surface area contributed by atoms with Crippen LogP contribution in [0.2, 0.25) is 0 Å². The predicted octanol–water partition coefficient (Wildman–Crippen LogP) is 6.69. The molecule has 0 atom stereocenters. The zero-order valence-corrected chi connectivity index (χ0v) is 22.9. The number of carbonyl (C=O) groups is 1. The van der Waals surface area contributed by atoms with E-state index >= 15 is 0 Å². The van der Waals surface area contributed by atoms with Gasteiger partial charge in [0.05, 0.1) is 19.8 Å². The minimum absolute atomic E-state index is 0.101. The highest BCUT2D eigenvalue weighted by atomic mass is 16.5. The van der Waals surface area contributed by atoms with E-state index in [-0.39, 0.29) is 5.78 Å². The first-order valence-electron chi connectivity index (χ1n) is 13.4. The summed E-state index contributed by atoms with van der Waals surface area (Å²) < 4.78 is 23.1. The second-order valence-electron chi connectivity index (χ2n) is 10.1. The van der Waals surface area contributed by atoms with Crippen LogP contribution >= 0.6 is 0 Å². The fraction of sp³-hybridized carbons (Fsp3) is 0.206. The highest BCUT2D eigenvalue weighted by Gasteiger charge is 2.33.